The molecule has 0 aliphatic heterocycles. The average molecular weight is 180 g/mol. The Labute approximate surface area is 83.1 Å². The van der Waals surface area contributed by atoms with Gasteiger partial charge in [0.1, 0.15) is 0 Å². The molecule has 0 aromatic carbocycles. The van der Waals surface area contributed by atoms with E-state index < -0.39 is 0 Å². The maximum atomic E-state index is 2.51. The van der Waals surface area contributed by atoms with Crippen molar-refractivity contribution in [1.82, 2.24) is 0 Å². The zero-order chi connectivity index (χ0) is 10.2. The Kier molecular flexibility index (Phi) is 1.46. The van der Waals surface area contributed by atoms with Crippen LogP contribution in [0.25, 0.3) is 0 Å². The van der Waals surface area contributed by atoms with Crippen LogP contribution in [0.5, 0.6) is 0 Å². The Morgan fingerprint density at radius 1 is 0.923 bits per heavy atom. The number of fused-ring (bicyclic) bond motifs is 1. The van der Waals surface area contributed by atoms with Crippen LogP contribution in [-0.2, 0) is 0 Å². The summed E-state index contributed by atoms with van der Waals surface area (Å²) in [7, 11) is 0. The van der Waals surface area contributed by atoms with Crippen molar-refractivity contribution in [3.8, 4) is 0 Å². The van der Waals surface area contributed by atoms with Gasteiger partial charge in [-0.05, 0) is 34.0 Å². The highest BCUT2D eigenvalue weighted by Crippen LogP contribution is 3.01. The summed E-state index contributed by atoms with van der Waals surface area (Å²) in [5.41, 5.74) is 1.97. The van der Waals surface area contributed by atoms with E-state index in [1.165, 1.54) is 0 Å². The SMILES string of the molecule is CC(C)C(C)C1(C)C2(C)C(C)C12C. The molecule has 2 rings (SSSR count). The predicted molar refractivity (Wildman–Crippen MR) is 57.5 cm³/mol. The molecule has 13 heavy (non-hydrogen) atoms. The maximum absolute atomic E-state index is 2.51. The van der Waals surface area contributed by atoms with Gasteiger partial charge in [-0.25, -0.2) is 0 Å². The summed E-state index contributed by atoms with van der Waals surface area (Å²) in [4.78, 5) is 0. The lowest BCUT2D eigenvalue weighted by molar-refractivity contribution is 0.116. The molecular weight excluding hydrogens is 156 g/mol. The van der Waals surface area contributed by atoms with Crippen molar-refractivity contribution in [1.29, 1.82) is 0 Å². The van der Waals surface area contributed by atoms with E-state index in [1.807, 2.05) is 0 Å². The fourth-order valence-electron chi connectivity index (χ4n) is 4.72. The zero-order valence-corrected chi connectivity index (χ0v) is 10.2. The van der Waals surface area contributed by atoms with Crippen molar-refractivity contribution in [3.05, 3.63) is 0 Å². The summed E-state index contributed by atoms with van der Waals surface area (Å²) in [6.07, 6.45) is 0. The van der Waals surface area contributed by atoms with Crippen molar-refractivity contribution >= 4 is 0 Å². The van der Waals surface area contributed by atoms with Crippen molar-refractivity contribution in [3.63, 3.8) is 0 Å². The molecule has 0 heteroatoms. The highest BCUT2D eigenvalue weighted by Gasteiger charge is 2.97. The van der Waals surface area contributed by atoms with Gasteiger partial charge < -0.3 is 0 Å². The quantitative estimate of drug-likeness (QED) is 0.603. The van der Waals surface area contributed by atoms with Crippen LogP contribution in [-0.4, -0.2) is 0 Å². The van der Waals surface area contributed by atoms with E-state index in [-0.39, 0.29) is 0 Å². The van der Waals surface area contributed by atoms with Gasteiger partial charge in [0.15, 0.2) is 0 Å². The Morgan fingerprint density at radius 3 is 1.54 bits per heavy atom. The summed E-state index contributed by atoms with van der Waals surface area (Å²) < 4.78 is 0. The van der Waals surface area contributed by atoms with E-state index in [4.69, 9.17) is 0 Å². The summed E-state index contributed by atoms with van der Waals surface area (Å²) in [5.74, 6) is 2.67. The molecule has 2 saturated carbocycles. The smallest absolute Gasteiger partial charge is 0.0170 e. The maximum Gasteiger partial charge on any atom is -0.0170 e. The van der Waals surface area contributed by atoms with Gasteiger partial charge in [-0.1, -0.05) is 48.5 Å². The molecule has 2 aliphatic carbocycles. The number of hydrogen-bond donors (Lipinski definition) is 0. The van der Waals surface area contributed by atoms with Crippen molar-refractivity contribution in [2.45, 2.75) is 48.5 Å². The highest BCUT2D eigenvalue weighted by atomic mass is 15.0. The molecule has 0 spiro atoms. The standard InChI is InChI=1S/C13H24/c1-8(2)9(3)11(5)12(6)10(4)13(11,12)7/h8-10H,1-7H3. The van der Waals surface area contributed by atoms with Crippen LogP contribution in [0.15, 0.2) is 0 Å². The first-order valence-electron chi connectivity index (χ1n) is 5.76. The number of rotatable bonds is 2. The first kappa shape index (κ1) is 9.55. The normalized spacial score (nSPS) is 60.5. The van der Waals surface area contributed by atoms with E-state index in [9.17, 15) is 0 Å². The molecule has 0 radical (unpaired) electrons. The van der Waals surface area contributed by atoms with E-state index in [2.05, 4.69) is 48.5 Å². The topological polar surface area (TPSA) is 0 Å². The molecule has 0 bridgehead atoms. The fourth-order valence-corrected chi connectivity index (χ4v) is 4.72. The summed E-state index contributed by atoms with van der Waals surface area (Å²) in [6.45, 7) is 17.1. The Balaban J connectivity index is 2.22. The van der Waals surface area contributed by atoms with Crippen molar-refractivity contribution in [2.75, 3.05) is 0 Å². The second kappa shape index (κ2) is 1.99. The van der Waals surface area contributed by atoms with Crippen LogP contribution in [0.1, 0.15) is 48.5 Å². The molecule has 3 atom stereocenters. The molecule has 2 fully saturated rings. The van der Waals surface area contributed by atoms with Crippen LogP contribution in [0.2, 0.25) is 0 Å². The molecule has 0 aromatic rings. The molecule has 2 aliphatic rings. The first-order chi connectivity index (χ1) is 5.76. The van der Waals surface area contributed by atoms with Gasteiger partial charge in [-0.2, -0.15) is 0 Å². The zero-order valence-electron chi connectivity index (χ0n) is 10.2. The van der Waals surface area contributed by atoms with Crippen LogP contribution in [0.3, 0.4) is 0 Å². The Bertz CT molecular complexity index is 237. The molecule has 0 N–H and O–H groups in total. The Morgan fingerprint density at radius 2 is 1.31 bits per heavy atom. The van der Waals surface area contributed by atoms with Crippen LogP contribution >= 0.6 is 0 Å². The van der Waals surface area contributed by atoms with E-state index >= 15 is 0 Å². The minimum Gasteiger partial charge on any atom is -0.0625 e. The largest absolute Gasteiger partial charge is 0.0625 e. The van der Waals surface area contributed by atoms with Crippen LogP contribution < -0.4 is 0 Å². The average Bonchev–Trinajstić information content (AvgIpc) is 2.69. The molecule has 3 unspecified atom stereocenters. The summed E-state index contributed by atoms with van der Waals surface area (Å²) >= 11 is 0. The van der Waals surface area contributed by atoms with Gasteiger partial charge in [-0.15, -0.1) is 0 Å². The van der Waals surface area contributed by atoms with E-state index in [0.717, 1.165) is 17.8 Å². The molecule has 0 amide bonds. The predicted octanol–water partition coefficient (Wildman–Crippen LogP) is 3.96. The van der Waals surface area contributed by atoms with Crippen molar-refractivity contribution < 1.29 is 0 Å². The lowest BCUT2D eigenvalue weighted by atomic mass is 9.68. The monoisotopic (exact) mass is 180 g/mol. The lowest BCUT2D eigenvalue weighted by Crippen LogP contribution is -2.31. The Hall–Kier alpha value is 0. The molecule has 0 heterocycles. The minimum atomic E-state index is 0.633. The molecular formula is C13H24. The van der Waals surface area contributed by atoms with Crippen molar-refractivity contribution in [2.24, 2.45) is 34.0 Å². The summed E-state index contributed by atoms with van der Waals surface area (Å²) in [6, 6.07) is 0. The summed E-state index contributed by atoms with van der Waals surface area (Å²) in [5, 5.41) is 0. The van der Waals surface area contributed by atoms with Gasteiger partial charge in [0.25, 0.3) is 0 Å². The second-order valence-electron chi connectivity index (χ2n) is 6.36. The third-order valence-electron chi connectivity index (χ3n) is 6.73. The molecule has 76 valence electrons. The second-order valence-corrected chi connectivity index (χ2v) is 6.36. The lowest BCUT2D eigenvalue weighted by Gasteiger charge is -2.36. The third-order valence-corrected chi connectivity index (χ3v) is 6.73. The van der Waals surface area contributed by atoms with E-state index in [0.29, 0.717) is 16.2 Å². The third kappa shape index (κ3) is 0.593. The molecule has 0 aromatic heterocycles. The fraction of sp³-hybridized carbons (Fsp3) is 1.00. The first-order valence-corrected chi connectivity index (χ1v) is 5.76. The van der Waals surface area contributed by atoms with Gasteiger partial charge in [0, 0.05) is 0 Å². The molecule has 0 nitrogen and oxygen atoms in total. The van der Waals surface area contributed by atoms with Gasteiger partial charge in [0.05, 0.1) is 0 Å². The van der Waals surface area contributed by atoms with Gasteiger partial charge in [0.2, 0.25) is 0 Å². The van der Waals surface area contributed by atoms with Gasteiger partial charge in [-0.3, -0.25) is 0 Å². The number of hydrogen-bond acceptors (Lipinski definition) is 0. The van der Waals surface area contributed by atoms with Gasteiger partial charge >= 0.3 is 0 Å². The minimum absolute atomic E-state index is 0.633. The highest BCUT2D eigenvalue weighted by molar-refractivity contribution is 5.44. The van der Waals surface area contributed by atoms with Crippen LogP contribution in [0.4, 0.5) is 0 Å². The molecule has 0 saturated heterocycles. The van der Waals surface area contributed by atoms with E-state index in [1.54, 1.807) is 0 Å². The van der Waals surface area contributed by atoms with Crippen LogP contribution in [0, 0.1) is 34.0 Å².